The number of nitrogens with zero attached hydrogens (tertiary/aromatic N) is 4. The van der Waals surface area contributed by atoms with Gasteiger partial charge in [0, 0.05) is 42.6 Å². The molecule has 30 heavy (non-hydrogen) atoms. The van der Waals surface area contributed by atoms with Gasteiger partial charge >= 0.3 is 0 Å². The Balaban J connectivity index is 1.40. The number of halogens is 2. The van der Waals surface area contributed by atoms with E-state index in [1.54, 1.807) is 6.07 Å². The van der Waals surface area contributed by atoms with Crippen LogP contribution in [0.15, 0.2) is 46.6 Å². The van der Waals surface area contributed by atoms with Gasteiger partial charge in [-0.05, 0) is 49.1 Å². The van der Waals surface area contributed by atoms with Crippen molar-refractivity contribution in [2.75, 3.05) is 18.0 Å². The molecule has 2 atom stereocenters. The van der Waals surface area contributed by atoms with E-state index in [4.69, 9.17) is 33.9 Å². The SMILES string of the molecule is CC1CCC2(CCN(c3ncc(Sc4cccc(Cl)c4Cl)c4nccn34)CC2)[C@@H]1N. The Bertz CT molecular complexity index is 1080. The van der Waals surface area contributed by atoms with Crippen molar-refractivity contribution in [3.63, 3.8) is 0 Å². The number of hydrogen-bond acceptors (Lipinski definition) is 5. The second-order valence-corrected chi connectivity index (χ2v) is 10.5. The lowest BCUT2D eigenvalue weighted by Crippen LogP contribution is -2.48. The summed E-state index contributed by atoms with van der Waals surface area (Å²) in [5.41, 5.74) is 7.78. The highest BCUT2D eigenvalue weighted by Crippen LogP contribution is 2.48. The molecule has 0 bridgehead atoms. The third kappa shape index (κ3) is 3.38. The summed E-state index contributed by atoms with van der Waals surface area (Å²) in [5.74, 6) is 1.57. The van der Waals surface area contributed by atoms with Gasteiger partial charge in [-0.3, -0.25) is 4.40 Å². The van der Waals surface area contributed by atoms with E-state index in [-0.39, 0.29) is 0 Å². The highest BCUT2D eigenvalue weighted by Gasteiger charge is 2.46. The van der Waals surface area contributed by atoms with Crippen molar-refractivity contribution < 1.29 is 0 Å². The first-order chi connectivity index (χ1) is 14.5. The number of fused-ring (bicyclic) bond motifs is 1. The summed E-state index contributed by atoms with van der Waals surface area (Å²) in [6.45, 7) is 4.26. The van der Waals surface area contributed by atoms with Crippen molar-refractivity contribution in [2.45, 2.75) is 48.4 Å². The number of anilines is 1. The highest BCUT2D eigenvalue weighted by molar-refractivity contribution is 7.99. The molecule has 1 spiro atoms. The molecule has 1 unspecified atom stereocenters. The van der Waals surface area contributed by atoms with E-state index >= 15 is 0 Å². The molecule has 2 N–H and O–H groups in total. The molecule has 1 saturated carbocycles. The van der Waals surface area contributed by atoms with Crippen LogP contribution in [0.1, 0.15) is 32.6 Å². The first kappa shape index (κ1) is 20.4. The van der Waals surface area contributed by atoms with Crippen LogP contribution in [0.4, 0.5) is 5.95 Å². The minimum atomic E-state index is 0.309. The number of imidazole rings is 1. The van der Waals surface area contributed by atoms with Crippen LogP contribution in [0.3, 0.4) is 0 Å². The zero-order valence-electron chi connectivity index (χ0n) is 16.9. The van der Waals surface area contributed by atoms with Crippen molar-refractivity contribution >= 4 is 46.6 Å². The lowest BCUT2D eigenvalue weighted by Gasteiger charge is -2.43. The number of piperidine rings is 1. The number of benzene rings is 1. The molecule has 1 saturated heterocycles. The summed E-state index contributed by atoms with van der Waals surface area (Å²) in [5, 5.41) is 1.11. The molecular weight excluding hydrogens is 437 g/mol. The summed E-state index contributed by atoms with van der Waals surface area (Å²) >= 11 is 14.1. The van der Waals surface area contributed by atoms with Crippen LogP contribution in [-0.2, 0) is 0 Å². The number of nitrogens with two attached hydrogens (primary N) is 1. The van der Waals surface area contributed by atoms with E-state index in [2.05, 4.69) is 21.2 Å². The van der Waals surface area contributed by atoms with Gasteiger partial charge in [0.15, 0.2) is 5.65 Å². The van der Waals surface area contributed by atoms with Crippen LogP contribution in [0, 0.1) is 11.3 Å². The van der Waals surface area contributed by atoms with Crippen molar-refractivity contribution in [3.8, 4) is 0 Å². The molecule has 2 aromatic heterocycles. The van der Waals surface area contributed by atoms with Crippen molar-refractivity contribution in [1.82, 2.24) is 14.4 Å². The molecule has 1 aliphatic heterocycles. The van der Waals surface area contributed by atoms with Gasteiger partial charge in [0.2, 0.25) is 5.95 Å². The number of hydrogen-bond donors (Lipinski definition) is 1. The Morgan fingerprint density at radius 1 is 1.13 bits per heavy atom. The van der Waals surface area contributed by atoms with Gasteiger partial charge in [0.1, 0.15) is 0 Å². The summed E-state index contributed by atoms with van der Waals surface area (Å²) in [4.78, 5) is 13.6. The first-order valence-corrected chi connectivity index (χ1v) is 12.0. The molecule has 1 aliphatic carbocycles. The predicted molar refractivity (Wildman–Crippen MR) is 124 cm³/mol. The first-order valence-electron chi connectivity index (χ1n) is 10.4. The molecule has 0 radical (unpaired) electrons. The fourth-order valence-corrected chi connectivity index (χ4v) is 6.47. The topological polar surface area (TPSA) is 59.5 Å². The second-order valence-electron chi connectivity index (χ2n) is 8.59. The molecule has 2 fully saturated rings. The maximum absolute atomic E-state index is 6.59. The average molecular weight is 462 g/mol. The third-order valence-electron chi connectivity index (χ3n) is 6.97. The fraction of sp³-hybridized carbons (Fsp3) is 0.455. The molecular formula is C22H25Cl2N5S. The lowest BCUT2D eigenvalue weighted by molar-refractivity contribution is 0.185. The van der Waals surface area contributed by atoms with Gasteiger partial charge in [-0.15, -0.1) is 0 Å². The molecule has 3 aromatic rings. The van der Waals surface area contributed by atoms with E-state index in [9.17, 15) is 0 Å². The second kappa shape index (κ2) is 7.90. The Morgan fingerprint density at radius 3 is 2.67 bits per heavy atom. The molecule has 0 amide bonds. The van der Waals surface area contributed by atoms with Crippen LogP contribution in [-0.4, -0.2) is 33.5 Å². The maximum Gasteiger partial charge on any atom is 0.211 e. The Kier molecular flexibility index (Phi) is 5.38. The molecule has 5 nitrogen and oxygen atoms in total. The largest absolute Gasteiger partial charge is 0.342 e. The lowest BCUT2D eigenvalue weighted by atomic mass is 9.73. The molecule has 158 valence electrons. The van der Waals surface area contributed by atoms with E-state index < -0.39 is 0 Å². The smallest absolute Gasteiger partial charge is 0.211 e. The minimum absolute atomic E-state index is 0.309. The van der Waals surface area contributed by atoms with Crippen LogP contribution in [0.2, 0.25) is 10.0 Å². The van der Waals surface area contributed by atoms with Crippen molar-refractivity contribution in [2.24, 2.45) is 17.1 Å². The maximum atomic E-state index is 6.59. The Morgan fingerprint density at radius 2 is 1.93 bits per heavy atom. The van der Waals surface area contributed by atoms with Gasteiger partial charge in [0.05, 0.1) is 14.9 Å². The fourth-order valence-electron chi connectivity index (χ4n) is 5.07. The summed E-state index contributed by atoms with van der Waals surface area (Å²) in [6.07, 6.45) is 10.5. The van der Waals surface area contributed by atoms with E-state index in [0.29, 0.717) is 27.4 Å². The Labute approximate surface area is 191 Å². The van der Waals surface area contributed by atoms with Crippen LogP contribution >= 0.6 is 35.0 Å². The molecule has 8 heteroatoms. The van der Waals surface area contributed by atoms with Gasteiger partial charge in [0.25, 0.3) is 0 Å². The molecule has 1 aromatic carbocycles. The quantitative estimate of drug-likeness (QED) is 0.555. The number of aromatic nitrogens is 3. The van der Waals surface area contributed by atoms with E-state index in [1.807, 2.05) is 30.7 Å². The minimum Gasteiger partial charge on any atom is -0.342 e. The van der Waals surface area contributed by atoms with Crippen molar-refractivity contribution in [3.05, 3.63) is 46.8 Å². The molecule has 3 heterocycles. The zero-order chi connectivity index (χ0) is 20.9. The van der Waals surface area contributed by atoms with Gasteiger partial charge in [-0.2, -0.15) is 0 Å². The Hall–Kier alpha value is -1.47. The van der Waals surface area contributed by atoms with E-state index in [1.165, 1.54) is 24.6 Å². The predicted octanol–water partition coefficient (Wildman–Crippen LogP) is 5.53. The van der Waals surface area contributed by atoms with E-state index in [0.717, 1.165) is 47.3 Å². The normalized spacial score (nSPS) is 23.5. The van der Waals surface area contributed by atoms with Crippen LogP contribution in [0.5, 0.6) is 0 Å². The number of rotatable bonds is 3. The van der Waals surface area contributed by atoms with Gasteiger partial charge < -0.3 is 10.6 Å². The summed E-state index contributed by atoms with van der Waals surface area (Å²) in [6, 6.07) is 5.98. The highest BCUT2D eigenvalue weighted by atomic mass is 35.5. The van der Waals surface area contributed by atoms with Crippen LogP contribution in [0.25, 0.3) is 5.65 Å². The zero-order valence-corrected chi connectivity index (χ0v) is 19.2. The summed E-state index contributed by atoms with van der Waals surface area (Å²) < 4.78 is 2.08. The third-order valence-corrected chi connectivity index (χ3v) is 8.97. The monoisotopic (exact) mass is 461 g/mol. The van der Waals surface area contributed by atoms with Gasteiger partial charge in [-0.25, -0.2) is 9.97 Å². The molecule has 5 rings (SSSR count). The standard InChI is InChI=1S/C22H25Cl2N5S/c1-14-5-6-22(19(14)25)7-10-28(11-8-22)21-27-13-17(20-26-9-12-29(20)21)30-16-4-2-3-15(23)18(16)24/h2-4,9,12-14,19H,5-8,10-11,25H2,1H3/t14?,19-/m1/s1. The molecule has 2 aliphatic rings. The summed E-state index contributed by atoms with van der Waals surface area (Å²) in [7, 11) is 0. The average Bonchev–Trinajstić information content (AvgIpc) is 3.35. The van der Waals surface area contributed by atoms with Crippen molar-refractivity contribution in [1.29, 1.82) is 0 Å². The van der Waals surface area contributed by atoms with Gasteiger partial charge in [-0.1, -0.05) is 48.0 Å². The van der Waals surface area contributed by atoms with Crippen LogP contribution < -0.4 is 10.6 Å².